The normalized spacial score (nSPS) is 14.1. The zero-order chi connectivity index (χ0) is 21.2. The van der Waals surface area contributed by atoms with Gasteiger partial charge in [-0.1, -0.05) is 12.1 Å². The van der Waals surface area contributed by atoms with Crippen LogP contribution in [0.25, 0.3) is 28.2 Å². The smallest absolute Gasteiger partial charge is 0.168 e. The van der Waals surface area contributed by atoms with Gasteiger partial charge in [-0.3, -0.25) is 4.40 Å². The Morgan fingerprint density at radius 1 is 0.774 bits per heavy atom. The van der Waals surface area contributed by atoms with Crippen LogP contribution >= 0.6 is 0 Å². The summed E-state index contributed by atoms with van der Waals surface area (Å²) in [5.74, 6) is 2.09. The van der Waals surface area contributed by atoms with Crippen molar-refractivity contribution in [3.05, 3.63) is 60.8 Å². The van der Waals surface area contributed by atoms with E-state index in [-0.39, 0.29) is 0 Å². The summed E-state index contributed by atoms with van der Waals surface area (Å²) in [7, 11) is 3.25. The third kappa shape index (κ3) is 3.68. The van der Waals surface area contributed by atoms with Crippen LogP contribution in [0.2, 0.25) is 0 Å². The number of methoxy groups -OCH3 is 2. The number of hydrogen-bond donors (Lipinski definition) is 0. The Bertz CT molecular complexity index is 1200. The van der Waals surface area contributed by atoms with Gasteiger partial charge < -0.3 is 19.1 Å². The van der Waals surface area contributed by atoms with Crippen molar-refractivity contribution in [1.82, 2.24) is 14.6 Å². The van der Waals surface area contributed by atoms with Gasteiger partial charge in [0, 0.05) is 30.5 Å². The van der Waals surface area contributed by atoms with Gasteiger partial charge in [0.05, 0.1) is 27.4 Å². The number of ether oxygens (including phenoxy) is 3. The summed E-state index contributed by atoms with van der Waals surface area (Å²) in [5.41, 5.74) is 5.17. The molecule has 0 aliphatic carbocycles. The van der Waals surface area contributed by atoms with E-state index in [0.29, 0.717) is 11.5 Å². The molecule has 31 heavy (non-hydrogen) atoms. The van der Waals surface area contributed by atoms with E-state index in [9.17, 15) is 0 Å². The monoisotopic (exact) mass is 416 g/mol. The number of rotatable bonds is 5. The SMILES string of the molecule is COc1ccc(-c2nnc3ccc(-c4ccc(N5CCOCC5)cc4)cn23)cc1OC. The van der Waals surface area contributed by atoms with E-state index < -0.39 is 0 Å². The predicted octanol–water partition coefficient (Wildman–Crippen LogP) is 3.92. The van der Waals surface area contributed by atoms with Crippen LogP contribution in [-0.4, -0.2) is 55.1 Å². The molecule has 4 aromatic rings. The number of nitrogens with zero attached hydrogens (tertiary/aromatic N) is 4. The molecule has 5 rings (SSSR count). The molecule has 0 amide bonds. The topological polar surface area (TPSA) is 61.1 Å². The highest BCUT2D eigenvalue weighted by Crippen LogP contribution is 2.32. The number of pyridine rings is 1. The van der Waals surface area contributed by atoms with Crippen molar-refractivity contribution >= 4 is 11.3 Å². The van der Waals surface area contributed by atoms with Crippen molar-refractivity contribution in [2.75, 3.05) is 45.4 Å². The average Bonchev–Trinajstić information content (AvgIpc) is 3.27. The largest absolute Gasteiger partial charge is 0.493 e. The molecule has 1 saturated heterocycles. The van der Waals surface area contributed by atoms with Gasteiger partial charge in [0.1, 0.15) is 0 Å². The minimum Gasteiger partial charge on any atom is -0.493 e. The first kappa shape index (κ1) is 19.4. The molecule has 0 bridgehead atoms. The van der Waals surface area contributed by atoms with Crippen molar-refractivity contribution in [2.45, 2.75) is 0 Å². The molecule has 0 radical (unpaired) electrons. The maximum absolute atomic E-state index is 5.45. The van der Waals surface area contributed by atoms with Crippen LogP contribution in [-0.2, 0) is 4.74 Å². The zero-order valence-electron chi connectivity index (χ0n) is 17.6. The second-order valence-corrected chi connectivity index (χ2v) is 7.39. The summed E-state index contributed by atoms with van der Waals surface area (Å²) < 4.78 is 18.3. The van der Waals surface area contributed by atoms with E-state index in [4.69, 9.17) is 14.2 Å². The zero-order valence-corrected chi connectivity index (χ0v) is 17.6. The van der Waals surface area contributed by atoms with Gasteiger partial charge in [0.25, 0.3) is 0 Å². The van der Waals surface area contributed by atoms with Crippen molar-refractivity contribution in [2.24, 2.45) is 0 Å². The molecular formula is C24H24N4O3. The third-order valence-electron chi connectivity index (χ3n) is 5.62. The van der Waals surface area contributed by atoms with E-state index in [1.165, 1.54) is 5.69 Å². The van der Waals surface area contributed by atoms with Gasteiger partial charge in [-0.15, -0.1) is 10.2 Å². The number of aromatic nitrogens is 3. The van der Waals surface area contributed by atoms with E-state index in [1.54, 1.807) is 14.2 Å². The van der Waals surface area contributed by atoms with E-state index in [0.717, 1.165) is 54.5 Å². The molecule has 2 aromatic carbocycles. The number of fused-ring (bicyclic) bond motifs is 1. The van der Waals surface area contributed by atoms with E-state index >= 15 is 0 Å². The minimum absolute atomic E-state index is 0.659. The summed E-state index contributed by atoms with van der Waals surface area (Å²) in [6, 6.07) is 18.5. The van der Waals surface area contributed by atoms with E-state index in [1.807, 2.05) is 28.7 Å². The number of morpholine rings is 1. The Morgan fingerprint density at radius 3 is 2.23 bits per heavy atom. The fraction of sp³-hybridized carbons (Fsp3) is 0.250. The lowest BCUT2D eigenvalue weighted by Gasteiger charge is -2.28. The van der Waals surface area contributed by atoms with Gasteiger partial charge >= 0.3 is 0 Å². The molecule has 7 heteroatoms. The Hall–Kier alpha value is -3.58. The number of benzene rings is 2. The summed E-state index contributed by atoms with van der Waals surface area (Å²) in [5, 5.41) is 8.73. The molecule has 158 valence electrons. The fourth-order valence-corrected chi connectivity index (χ4v) is 3.92. The van der Waals surface area contributed by atoms with Gasteiger partial charge in [-0.2, -0.15) is 0 Å². The van der Waals surface area contributed by atoms with Gasteiger partial charge in [0.2, 0.25) is 0 Å². The van der Waals surface area contributed by atoms with Gasteiger partial charge in [-0.05, 0) is 53.6 Å². The van der Waals surface area contributed by atoms with Crippen molar-refractivity contribution in [3.63, 3.8) is 0 Å². The first-order chi connectivity index (χ1) is 15.3. The Morgan fingerprint density at radius 2 is 1.48 bits per heavy atom. The van der Waals surface area contributed by atoms with Crippen molar-refractivity contribution in [1.29, 1.82) is 0 Å². The van der Waals surface area contributed by atoms with E-state index in [2.05, 4.69) is 51.6 Å². The highest BCUT2D eigenvalue weighted by Gasteiger charge is 2.14. The maximum Gasteiger partial charge on any atom is 0.168 e. The van der Waals surface area contributed by atoms with Gasteiger partial charge in [-0.25, -0.2) is 0 Å². The molecule has 0 spiro atoms. The lowest BCUT2D eigenvalue weighted by Crippen LogP contribution is -2.36. The summed E-state index contributed by atoms with van der Waals surface area (Å²) in [4.78, 5) is 2.35. The first-order valence-corrected chi connectivity index (χ1v) is 10.3. The lowest BCUT2D eigenvalue weighted by atomic mass is 10.1. The Labute approximate surface area is 180 Å². The number of anilines is 1. The molecule has 0 N–H and O–H groups in total. The van der Waals surface area contributed by atoms with Crippen molar-refractivity contribution in [3.8, 4) is 34.0 Å². The van der Waals surface area contributed by atoms with Crippen LogP contribution in [0, 0.1) is 0 Å². The van der Waals surface area contributed by atoms with Gasteiger partial charge in [0.15, 0.2) is 23.0 Å². The van der Waals surface area contributed by atoms with Crippen LogP contribution in [0.5, 0.6) is 11.5 Å². The predicted molar refractivity (Wildman–Crippen MR) is 120 cm³/mol. The maximum atomic E-state index is 5.45. The molecule has 1 fully saturated rings. The second kappa shape index (κ2) is 8.28. The molecule has 3 heterocycles. The summed E-state index contributed by atoms with van der Waals surface area (Å²) in [6.45, 7) is 3.43. The molecule has 0 unspecified atom stereocenters. The highest BCUT2D eigenvalue weighted by atomic mass is 16.5. The summed E-state index contributed by atoms with van der Waals surface area (Å²) in [6.07, 6.45) is 2.07. The molecule has 2 aromatic heterocycles. The van der Waals surface area contributed by atoms with Crippen LogP contribution in [0.3, 0.4) is 0 Å². The number of hydrogen-bond acceptors (Lipinski definition) is 6. The molecule has 1 aliphatic heterocycles. The van der Waals surface area contributed by atoms with Crippen LogP contribution in [0.1, 0.15) is 0 Å². The van der Waals surface area contributed by atoms with Crippen LogP contribution in [0.15, 0.2) is 60.8 Å². The van der Waals surface area contributed by atoms with Crippen LogP contribution in [0.4, 0.5) is 5.69 Å². The Kier molecular flexibility index (Phi) is 5.18. The minimum atomic E-state index is 0.659. The Balaban J connectivity index is 1.49. The highest BCUT2D eigenvalue weighted by molar-refractivity contribution is 5.70. The molecule has 0 saturated carbocycles. The standard InChI is InChI=1S/C24H24N4O3/c1-29-21-9-5-18(15-22(21)30-2)24-26-25-23-10-6-19(16-28(23)24)17-3-7-20(8-4-17)27-11-13-31-14-12-27/h3-10,15-16H,11-14H2,1-2H3. The molecule has 7 nitrogen and oxygen atoms in total. The first-order valence-electron chi connectivity index (χ1n) is 10.3. The summed E-state index contributed by atoms with van der Waals surface area (Å²) >= 11 is 0. The third-order valence-corrected chi connectivity index (χ3v) is 5.62. The second-order valence-electron chi connectivity index (χ2n) is 7.39. The quantitative estimate of drug-likeness (QED) is 0.492. The average molecular weight is 416 g/mol. The lowest BCUT2D eigenvalue weighted by molar-refractivity contribution is 0.122. The molecule has 1 aliphatic rings. The molecular weight excluding hydrogens is 392 g/mol. The van der Waals surface area contributed by atoms with Crippen LogP contribution < -0.4 is 14.4 Å². The van der Waals surface area contributed by atoms with Crippen molar-refractivity contribution < 1.29 is 14.2 Å². The molecule has 0 atom stereocenters. The fourth-order valence-electron chi connectivity index (χ4n) is 3.92.